The normalized spacial score (nSPS) is 21.5. The summed E-state index contributed by atoms with van der Waals surface area (Å²) in [5, 5.41) is 9.13. The Bertz CT molecular complexity index is 313. The van der Waals surface area contributed by atoms with E-state index < -0.39 is 12.0 Å². The maximum absolute atomic E-state index is 12.3. The van der Waals surface area contributed by atoms with Gasteiger partial charge in [-0.1, -0.05) is 0 Å². The quantitative estimate of drug-likeness (QED) is 0.813. The summed E-state index contributed by atoms with van der Waals surface area (Å²) in [6.45, 7) is 2.78. The van der Waals surface area contributed by atoms with E-state index in [1.807, 2.05) is 6.92 Å². The van der Waals surface area contributed by atoms with Crippen molar-refractivity contribution in [1.29, 1.82) is 0 Å². The topological polar surface area (TPSA) is 70.1 Å². The van der Waals surface area contributed by atoms with Crippen LogP contribution in [0.25, 0.3) is 0 Å². The van der Waals surface area contributed by atoms with Gasteiger partial charge < -0.3 is 19.6 Å². The first-order chi connectivity index (χ1) is 8.49. The van der Waals surface area contributed by atoms with Gasteiger partial charge in [0.15, 0.2) is 0 Å². The molecule has 1 heterocycles. The molecule has 2 atom stereocenters. The summed E-state index contributed by atoms with van der Waals surface area (Å²) in [5.74, 6) is 0.290. The highest BCUT2D eigenvalue weighted by atomic mass is 32.2. The van der Waals surface area contributed by atoms with Crippen LogP contribution in [-0.4, -0.2) is 77.8 Å². The maximum atomic E-state index is 12.3. The van der Waals surface area contributed by atoms with E-state index >= 15 is 0 Å². The number of hydrogen-bond acceptors (Lipinski definition) is 4. The van der Waals surface area contributed by atoms with Gasteiger partial charge in [0, 0.05) is 32.2 Å². The van der Waals surface area contributed by atoms with Gasteiger partial charge in [-0.05, 0) is 6.92 Å². The van der Waals surface area contributed by atoms with Crippen LogP contribution >= 0.6 is 11.8 Å². The van der Waals surface area contributed by atoms with Gasteiger partial charge in [-0.3, -0.25) is 0 Å². The van der Waals surface area contributed by atoms with E-state index in [1.54, 1.807) is 25.9 Å². The standard InChI is InChI=1S/C11H20N2O4S/c1-8(6-17-3)12(2)11(16)13-4-5-18-7-9(13)10(14)15/h8-9H,4-7H2,1-3H3,(H,14,15). The van der Waals surface area contributed by atoms with Crippen molar-refractivity contribution in [3.63, 3.8) is 0 Å². The Kier molecular flexibility index (Phi) is 5.74. The van der Waals surface area contributed by atoms with Crippen LogP contribution in [0.1, 0.15) is 6.92 Å². The molecule has 18 heavy (non-hydrogen) atoms. The molecule has 0 saturated carbocycles. The zero-order chi connectivity index (χ0) is 13.7. The number of thioether (sulfide) groups is 1. The molecule has 0 aromatic carbocycles. The highest BCUT2D eigenvalue weighted by Gasteiger charge is 2.34. The first-order valence-corrected chi connectivity index (χ1v) is 6.97. The fourth-order valence-corrected chi connectivity index (χ4v) is 2.82. The molecular weight excluding hydrogens is 256 g/mol. The molecule has 0 spiro atoms. The molecule has 6 nitrogen and oxygen atoms in total. The number of carboxylic acid groups (broad SMARTS) is 1. The molecule has 104 valence electrons. The Morgan fingerprint density at radius 2 is 2.28 bits per heavy atom. The number of ether oxygens (including phenoxy) is 1. The lowest BCUT2D eigenvalue weighted by Crippen LogP contribution is -2.56. The van der Waals surface area contributed by atoms with Crippen molar-refractivity contribution >= 4 is 23.8 Å². The van der Waals surface area contributed by atoms with Crippen LogP contribution < -0.4 is 0 Å². The summed E-state index contributed by atoms with van der Waals surface area (Å²) >= 11 is 1.56. The third-order valence-corrected chi connectivity index (χ3v) is 4.05. The van der Waals surface area contributed by atoms with Crippen molar-refractivity contribution in [2.45, 2.75) is 19.0 Å². The van der Waals surface area contributed by atoms with Gasteiger partial charge >= 0.3 is 12.0 Å². The monoisotopic (exact) mass is 276 g/mol. The number of likely N-dealkylation sites (N-methyl/N-ethyl adjacent to an activating group) is 1. The van der Waals surface area contributed by atoms with E-state index in [1.165, 1.54) is 9.80 Å². The van der Waals surface area contributed by atoms with Crippen LogP contribution in [0.3, 0.4) is 0 Å². The van der Waals surface area contributed by atoms with Crippen molar-refractivity contribution in [2.24, 2.45) is 0 Å². The van der Waals surface area contributed by atoms with E-state index in [9.17, 15) is 9.59 Å². The summed E-state index contributed by atoms with van der Waals surface area (Å²) in [6.07, 6.45) is 0. The van der Waals surface area contributed by atoms with Crippen LogP contribution in [0.15, 0.2) is 0 Å². The van der Waals surface area contributed by atoms with Crippen molar-refractivity contribution in [1.82, 2.24) is 9.80 Å². The minimum Gasteiger partial charge on any atom is -0.480 e. The second-order valence-corrected chi connectivity index (χ2v) is 5.47. The summed E-state index contributed by atoms with van der Waals surface area (Å²) in [7, 11) is 3.25. The summed E-state index contributed by atoms with van der Waals surface area (Å²) in [5.41, 5.74) is 0. The van der Waals surface area contributed by atoms with Crippen LogP contribution in [0.2, 0.25) is 0 Å². The zero-order valence-corrected chi connectivity index (χ0v) is 11.8. The van der Waals surface area contributed by atoms with Crippen molar-refractivity contribution in [3.8, 4) is 0 Å². The molecule has 0 bridgehead atoms. The molecule has 1 aliphatic heterocycles. The average molecular weight is 276 g/mol. The number of amides is 2. The largest absolute Gasteiger partial charge is 0.480 e. The van der Waals surface area contributed by atoms with Crippen molar-refractivity contribution in [3.05, 3.63) is 0 Å². The van der Waals surface area contributed by atoms with Gasteiger partial charge in [-0.2, -0.15) is 11.8 Å². The minimum atomic E-state index is -0.941. The highest BCUT2D eigenvalue weighted by Crippen LogP contribution is 2.18. The Balaban J connectivity index is 2.70. The summed E-state index contributed by atoms with van der Waals surface area (Å²) in [6, 6.07) is -1.05. The number of rotatable bonds is 4. The van der Waals surface area contributed by atoms with E-state index in [0.717, 1.165) is 5.75 Å². The molecule has 1 saturated heterocycles. The zero-order valence-electron chi connectivity index (χ0n) is 11.0. The molecule has 1 N–H and O–H groups in total. The lowest BCUT2D eigenvalue weighted by molar-refractivity contribution is -0.141. The molecule has 0 radical (unpaired) electrons. The van der Waals surface area contributed by atoms with Gasteiger partial charge in [-0.15, -0.1) is 0 Å². The lowest BCUT2D eigenvalue weighted by atomic mass is 10.2. The van der Waals surface area contributed by atoms with Gasteiger partial charge in [0.1, 0.15) is 6.04 Å². The van der Waals surface area contributed by atoms with Crippen LogP contribution in [-0.2, 0) is 9.53 Å². The second kappa shape index (κ2) is 6.84. The molecule has 7 heteroatoms. The SMILES string of the molecule is COCC(C)N(C)C(=O)N1CCSCC1C(=O)O. The van der Waals surface area contributed by atoms with E-state index in [2.05, 4.69) is 0 Å². The third kappa shape index (κ3) is 3.52. The molecule has 0 aromatic heterocycles. The van der Waals surface area contributed by atoms with E-state index in [-0.39, 0.29) is 12.1 Å². The van der Waals surface area contributed by atoms with Crippen molar-refractivity contribution in [2.75, 3.05) is 38.8 Å². The first-order valence-electron chi connectivity index (χ1n) is 5.82. The van der Waals surface area contributed by atoms with E-state index in [0.29, 0.717) is 18.9 Å². The fraction of sp³-hybridized carbons (Fsp3) is 0.818. The van der Waals surface area contributed by atoms with Gasteiger partial charge in [0.25, 0.3) is 0 Å². The van der Waals surface area contributed by atoms with Crippen LogP contribution in [0.5, 0.6) is 0 Å². The molecule has 0 aliphatic carbocycles. The predicted octanol–water partition coefficient (Wildman–Crippen LogP) is 0.575. The maximum Gasteiger partial charge on any atom is 0.327 e. The van der Waals surface area contributed by atoms with Gasteiger partial charge in [0.05, 0.1) is 12.6 Å². The number of hydrogen-bond donors (Lipinski definition) is 1. The molecule has 0 aromatic rings. The Hall–Kier alpha value is -0.950. The lowest BCUT2D eigenvalue weighted by Gasteiger charge is -2.37. The predicted molar refractivity (Wildman–Crippen MR) is 70.0 cm³/mol. The number of carboxylic acids is 1. The number of aliphatic carboxylic acids is 1. The molecule has 1 aliphatic rings. The molecule has 1 fully saturated rings. The number of methoxy groups -OCH3 is 1. The first kappa shape index (κ1) is 15.1. The minimum absolute atomic E-state index is 0.0773. The molecule has 1 rings (SSSR count). The Morgan fingerprint density at radius 1 is 1.61 bits per heavy atom. The van der Waals surface area contributed by atoms with Gasteiger partial charge in [0.2, 0.25) is 0 Å². The molecule has 2 unspecified atom stereocenters. The average Bonchev–Trinajstić information content (AvgIpc) is 2.37. The van der Waals surface area contributed by atoms with Crippen molar-refractivity contribution < 1.29 is 19.4 Å². The number of carbonyl (C=O) groups is 2. The number of urea groups is 1. The number of nitrogens with zero attached hydrogens (tertiary/aromatic N) is 2. The van der Waals surface area contributed by atoms with E-state index in [4.69, 9.17) is 9.84 Å². The Morgan fingerprint density at radius 3 is 2.83 bits per heavy atom. The second-order valence-electron chi connectivity index (χ2n) is 4.32. The van der Waals surface area contributed by atoms with Crippen LogP contribution in [0.4, 0.5) is 4.79 Å². The fourth-order valence-electron chi connectivity index (χ4n) is 1.78. The third-order valence-electron chi connectivity index (χ3n) is 3.03. The summed E-state index contributed by atoms with van der Waals surface area (Å²) < 4.78 is 5.00. The number of carbonyl (C=O) groups excluding carboxylic acids is 1. The molecular formula is C11H20N2O4S. The smallest absolute Gasteiger partial charge is 0.327 e. The molecule has 2 amide bonds. The van der Waals surface area contributed by atoms with Gasteiger partial charge in [-0.25, -0.2) is 9.59 Å². The Labute approximate surface area is 111 Å². The summed E-state index contributed by atoms with van der Waals surface area (Å²) in [4.78, 5) is 26.4. The highest BCUT2D eigenvalue weighted by molar-refractivity contribution is 7.99. The van der Waals surface area contributed by atoms with Crippen LogP contribution in [0, 0.1) is 0 Å².